The molecule has 136 valence electrons. The number of amides is 1. The van der Waals surface area contributed by atoms with Gasteiger partial charge in [0.05, 0.1) is 17.4 Å². The van der Waals surface area contributed by atoms with E-state index in [2.05, 4.69) is 42.4 Å². The van der Waals surface area contributed by atoms with E-state index < -0.39 is 0 Å². The van der Waals surface area contributed by atoms with Gasteiger partial charge >= 0.3 is 0 Å². The lowest BCUT2D eigenvalue weighted by molar-refractivity contribution is -0.119. The topological polar surface area (TPSA) is 65.8 Å². The minimum absolute atomic E-state index is 0.0627. The second-order valence-corrected chi connectivity index (χ2v) is 7.62. The largest absolute Gasteiger partial charge is 0.349 e. The Morgan fingerprint density at radius 3 is 2.50 bits per heavy atom. The number of carbonyl (C=O) groups excluding carboxylic acids is 1. The molecule has 1 aromatic heterocycles. The number of pyridine rings is 1. The molecule has 2 aromatic rings. The third-order valence-electron chi connectivity index (χ3n) is 4.82. The fraction of sp³-hybridized carbons (Fsp3) is 0.381. The highest BCUT2D eigenvalue weighted by Crippen LogP contribution is 2.26. The SMILES string of the molecule is Cc1ccc([C@H](C)NC(=O)CSc2nc(C)c(C)c(C)c2C#N)cc1C. The molecule has 2 rings (SSSR count). The van der Waals surface area contributed by atoms with Gasteiger partial charge in [0.15, 0.2) is 0 Å². The van der Waals surface area contributed by atoms with Crippen molar-refractivity contribution in [2.75, 3.05) is 5.75 Å². The van der Waals surface area contributed by atoms with E-state index in [1.807, 2.05) is 33.8 Å². The van der Waals surface area contributed by atoms with E-state index in [4.69, 9.17) is 0 Å². The van der Waals surface area contributed by atoms with Gasteiger partial charge in [-0.3, -0.25) is 4.79 Å². The van der Waals surface area contributed by atoms with E-state index in [0.717, 1.165) is 22.4 Å². The molecule has 0 aliphatic carbocycles. The molecule has 1 atom stereocenters. The molecular weight excluding hydrogens is 342 g/mol. The number of hydrogen-bond acceptors (Lipinski definition) is 4. The molecule has 0 bridgehead atoms. The van der Waals surface area contributed by atoms with Crippen LogP contribution in [0.15, 0.2) is 23.2 Å². The average Bonchev–Trinajstić information content (AvgIpc) is 2.60. The molecular formula is C21H25N3OS. The maximum absolute atomic E-state index is 12.3. The lowest BCUT2D eigenvalue weighted by Gasteiger charge is -2.16. The van der Waals surface area contributed by atoms with Crippen molar-refractivity contribution in [3.8, 4) is 6.07 Å². The first kappa shape index (κ1) is 20.0. The Morgan fingerprint density at radius 1 is 1.19 bits per heavy atom. The van der Waals surface area contributed by atoms with Gasteiger partial charge in [0.1, 0.15) is 11.1 Å². The molecule has 1 aromatic carbocycles. The van der Waals surface area contributed by atoms with Crippen molar-refractivity contribution in [1.82, 2.24) is 10.3 Å². The molecule has 0 saturated heterocycles. The van der Waals surface area contributed by atoms with Gasteiger partial charge in [0.2, 0.25) is 5.91 Å². The van der Waals surface area contributed by atoms with Crippen LogP contribution < -0.4 is 5.32 Å². The van der Waals surface area contributed by atoms with Crippen molar-refractivity contribution in [2.24, 2.45) is 0 Å². The number of aromatic nitrogens is 1. The molecule has 4 nitrogen and oxygen atoms in total. The summed E-state index contributed by atoms with van der Waals surface area (Å²) in [6.07, 6.45) is 0. The Hall–Kier alpha value is -2.32. The summed E-state index contributed by atoms with van der Waals surface area (Å²) >= 11 is 1.31. The minimum Gasteiger partial charge on any atom is -0.349 e. The van der Waals surface area contributed by atoms with E-state index in [9.17, 15) is 10.1 Å². The van der Waals surface area contributed by atoms with Crippen LogP contribution in [0.4, 0.5) is 0 Å². The number of rotatable bonds is 5. The molecule has 0 aliphatic rings. The highest BCUT2D eigenvalue weighted by Gasteiger charge is 2.15. The van der Waals surface area contributed by atoms with Crippen LogP contribution in [0.25, 0.3) is 0 Å². The monoisotopic (exact) mass is 367 g/mol. The zero-order valence-corrected chi connectivity index (χ0v) is 17.0. The molecule has 0 unspecified atom stereocenters. The Balaban J connectivity index is 2.05. The van der Waals surface area contributed by atoms with Gasteiger partial charge in [-0.05, 0) is 69.4 Å². The maximum Gasteiger partial charge on any atom is 0.230 e. The van der Waals surface area contributed by atoms with E-state index in [1.165, 1.54) is 22.9 Å². The summed E-state index contributed by atoms with van der Waals surface area (Å²) in [6.45, 7) is 11.9. The van der Waals surface area contributed by atoms with E-state index in [-0.39, 0.29) is 17.7 Å². The zero-order valence-electron chi connectivity index (χ0n) is 16.2. The normalized spacial score (nSPS) is 11.7. The Bertz CT molecular complexity index is 884. The first-order valence-electron chi connectivity index (χ1n) is 8.61. The standard InChI is InChI=1S/C21H25N3OS/c1-12-7-8-18(9-13(12)2)17(6)23-20(25)11-26-21-19(10-22)15(4)14(3)16(5)24-21/h7-9,17H,11H2,1-6H3,(H,23,25)/t17-/m0/s1. The van der Waals surface area contributed by atoms with Gasteiger partial charge in [0.25, 0.3) is 0 Å². The van der Waals surface area contributed by atoms with Crippen LogP contribution in [0.1, 0.15) is 52.0 Å². The zero-order chi connectivity index (χ0) is 19.4. The molecule has 0 spiro atoms. The summed E-state index contributed by atoms with van der Waals surface area (Å²) < 4.78 is 0. The van der Waals surface area contributed by atoms with Gasteiger partial charge in [-0.15, -0.1) is 0 Å². The van der Waals surface area contributed by atoms with Gasteiger partial charge in [-0.2, -0.15) is 5.26 Å². The predicted molar refractivity (Wildman–Crippen MR) is 106 cm³/mol. The molecule has 0 saturated carbocycles. The summed E-state index contributed by atoms with van der Waals surface area (Å²) in [5.41, 5.74) is 6.96. The van der Waals surface area contributed by atoms with Crippen molar-refractivity contribution < 1.29 is 4.79 Å². The van der Waals surface area contributed by atoms with Gasteiger partial charge < -0.3 is 5.32 Å². The number of nitrogens with zero attached hydrogens (tertiary/aromatic N) is 2. The van der Waals surface area contributed by atoms with Crippen molar-refractivity contribution in [2.45, 2.75) is 52.6 Å². The Kier molecular flexibility index (Phi) is 6.44. The van der Waals surface area contributed by atoms with Crippen LogP contribution in [0.2, 0.25) is 0 Å². The summed E-state index contributed by atoms with van der Waals surface area (Å²) in [5, 5.41) is 13.1. The number of benzene rings is 1. The summed E-state index contributed by atoms with van der Waals surface area (Å²) in [6, 6.07) is 8.38. The fourth-order valence-electron chi connectivity index (χ4n) is 2.68. The summed E-state index contributed by atoms with van der Waals surface area (Å²) in [7, 11) is 0. The first-order valence-corrected chi connectivity index (χ1v) is 9.60. The van der Waals surface area contributed by atoms with Crippen molar-refractivity contribution in [3.05, 3.63) is 57.3 Å². The van der Waals surface area contributed by atoms with Gasteiger partial charge in [-0.1, -0.05) is 30.0 Å². The summed E-state index contributed by atoms with van der Waals surface area (Å²) in [5.74, 6) is 0.168. The lowest BCUT2D eigenvalue weighted by atomic mass is 10.0. The number of hydrogen-bond donors (Lipinski definition) is 1. The molecule has 0 fully saturated rings. The van der Waals surface area contributed by atoms with Crippen LogP contribution in [-0.2, 0) is 4.79 Å². The second kappa shape index (κ2) is 8.37. The Labute approximate surface area is 160 Å². The fourth-order valence-corrected chi connectivity index (χ4v) is 3.58. The number of aryl methyl sites for hydroxylation is 3. The smallest absolute Gasteiger partial charge is 0.230 e. The van der Waals surface area contributed by atoms with Crippen LogP contribution in [0.3, 0.4) is 0 Å². The first-order chi connectivity index (χ1) is 12.2. The second-order valence-electron chi connectivity index (χ2n) is 6.66. The van der Waals surface area contributed by atoms with E-state index in [0.29, 0.717) is 10.6 Å². The average molecular weight is 368 g/mol. The number of nitriles is 1. The number of nitrogens with one attached hydrogen (secondary N) is 1. The molecule has 5 heteroatoms. The van der Waals surface area contributed by atoms with Crippen molar-refractivity contribution in [3.63, 3.8) is 0 Å². The molecule has 0 aliphatic heterocycles. The van der Waals surface area contributed by atoms with Crippen LogP contribution in [-0.4, -0.2) is 16.6 Å². The molecule has 1 heterocycles. The molecule has 26 heavy (non-hydrogen) atoms. The molecule has 1 N–H and O–H groups in total. The highest BCUT2D eigenvalue weighted by atomic mass is 32.2. The molecule has 1 amide bonds. The quantitative estimate of drug-likeness (QED) is 0.792. The van der Waals surface area contributed by atoms with E-state index >= 15 is 0 Å². The van der Waals surface area contributed by atoms with Crippen molar-refractivity contribution in [1.29, 1.82) is 5.26 Å². The van der Waals surface area contributed by atoms with Crippen LogP contribution in [0.5, 0.6) is 0 Å². The van der Waals surface area contributed by atoms with Crippen LogP contribution in [0, 0.1) is 45.9 Å². The van der Waals surface area contributed by atoms with E-state index in [1.54, 1.807) is 0 Å². The predicted octanol–water partition coefficient (Wildman–Crippen LogP) is 4.46. The minimum atomic E-state index is -0.0673. The van der Waals surface area contributed by atoms with Gasteiger partial charge in [0, 0.05) is 5.69 Å². The third kappa shape index (κ3) is 4.44. The number of thioether (sulfide) groups is 1. The summed E-state index contributed by atoms with van der Waals surface area (Å²) in [4.78, 5) is 16.8. The van der Waals surface area contributed by atoms with Gasteiger partial charge in [-0.25, -0.2) is 4.98 Å². The third-order valence-corrected chi connectivity index (χ3v) is 5.80. The number of carbonyl (C=O) groups is 1. The molecule has 0 radical (unpaired) electrons. The highest BCUT2D eigenvalue weighted by molar-refractivity contribution is 8.00. The van der Waals surface area contributed by atoms with Crippen molar-refractivity contribution >= 4 is 17.7 Å². The lowest BCUT2D eigenvalue weighted by Crippen LogP contribution is -2.28. The van der Waals surface area contributed by atoms with Crippen LogP contribution >= 0.6 is 11.8 Å². The Morgan fingerprint density at radius 2 is 1.88 bits per heavy atom. The maximum atomic E-state index is 12.3.